The predicted molar refractivity (Wildman–Crippen MR) is 99.1 cm³/mol. The van der Waals surface area contributed by atoms with Gasteiger partial charge in [0.25, 0.3) is 11.8 Å². The van der Waals surface area contributed by atoms with Gasteiger partial charge in [0, 0.05) is 13.2 Å². The van der Waals surface area contributed by atoms with Crippen LogP contribution in [0.4, 0.5) is 0 Å². The first kappa shape index (κ1) is 18.6. The van der Waals surface area contributed by atoms with Gasteiger partial charge in [0.1, 0.15) is 10.7 Å². The summed E-state index contributed by atoms with van der Waals surface area (Å²) in [6.07, 6.45) is 3.26. The fraction of sp³-hybridized carbons (Fsp3) is 0.167. The lowest BCUT2D eigenvalue weighted by Crippen LogP contribution is -2.35. The van der Waals surface area contributed by atoms with Gasteiger partial charge in [-0.3, -0.25) is 24.7 Å². The molecule has 3 aromatic rings. The molecule has 0 unspecified atom stereocenters. The van der Waals surface area contributed by atoms with Gasteiger partial charge in [-0.2, -0.15) is 0 Å². The van der Waals surface area contributed by atoms with E-state index in [0.717, 1.165) is 22.8 Å². The second-order valence-electron chi connectivity index (χ2n) is 5.53. The second-order valence-corrected chi connectivity index (χ2v) is 6.52. The van der Waals surface area contributed by atoms with E-state index in [2.05, 4.69) is 15.3 Å². The average Bonchev–Trinajstić information content (AvgIpc) is 3.10. The molecular formula is C18H16N4O4S. The fourth-order valence-corrected chi connectivity index (χ4v) is 2.89. The molecule has 27 heavy (non-hydrogen) atoms. The summed E-state index contributed by atoms with van der Waals surface area (Å²) < 4.78 is 6.46. The summed E-state index contributed by atoms with van der Waals surface area (Å²) in [5, 5.41) is 2.75. The molecule has 2 amide bonds. The highest BCUT2D eigenvalue weighted by Crippen LogP contribution is 2.17. The Morgan fingerprint density at radius 1 is 1.15 bits per heavy atom. The summed E-state index contributed by atoms with van der Waals surface area (Å²) in [4.78, 5) is 44.1. The van der Waals surface area contributed by atoms with E-state index in [0.29, 0.717) is 10.7 Å². The third-order valence-corrected chi connectivity index (χ3v) is 4.43. The number of para-hydroxylation sites is 2. The number of amides is 2. The molecule has 0 aliphatic rings. The van der Waals surface area contributed by atoms with Gasteiger partial charge in [-0.25, -0.2) is 4.98 Å². The highest BCUT2D eigenvalue weighted by Gasteiger charge is 2.14. The summed E-state index contributed by atoms with van der Waals surface area (Å²) in [5.41, 5.74) is 1.83. The minimum Gasteiger partial charge on any atom is -0.455 e. The zero-order valence-corrected chi connectivity index (χ0v) is 15.2. The maximum absolute atomic E-state index is 11.9. The van der Waals surface area contributed by atoms with Crippen molar-refractivity contribution in [2.24, 2.45) is 7.05 Å². The summed E-state index contributed by atoms with van der Waals surface area (Å²) in [5.74, 6) is -1.85. The van der Waals surface area contributed by atoms with E-state index in [4.69, 9.17) is 4.74 Å². The van der Waals surface area contributed by atoms with Crippen LogP contribution < -0.4 is 5.32 Å². The number of esters is 1. The first-order valence-corrected chi connectivity index (χ1v) is 8.97. The number of carbonyl (C=O) groups is 3. The lowest BCUT2D eigenvalue weighted by Gasteiger charge is -2.06. The third-order valence-electron chi connectivity index (χ3n) is 3.56. The van der Waals surface area contributed by atoms with E-state index in [-0.39, 0.29) is 5.75 Å². The monoisotopic (exact) mass is 384 g/mol. The van der Waals surface area contributed by atoms with Gasteiger partial charge in [-0.15, -0.1) is 0 Å². The van der Waals surface area contributed by atoms with E-state index in [9.17, 15) is 14.4 Å². The van der Waals surface area contributed by atoms with Crippen molar-refractivity contribution in [1.29, 1.82) is 0 Å². The van der Waals surface area contributed by atoms with E-state index < -0.39 is 24.4 Å². The lowest BCUT2D eigenvalue weighted by atomic mass is 10.3. The molecular weight excluding hydrogens is 368 g/mol. The van der Waals surface area contributed by atoms with Crippen LogP contribution in [0, 0.1) is 0 Å². The molecule has 2 aromatic heterocycles. The minimum absolute atomic E-state index is 0.0218. The molecule has 0 fully saturated rings. The van der Waals surface area contributed by atoms with E-state index in [1.165, 1.54) is 0 Å². The summed E-state index contributed by atoms with van der Waals surface area (Å²) in [6, 6.07) is 10.7. The maximum Gasteiger partial charge on any atom is 0.316 e. The molecule has 0 aliphatic heterocycles. The number of carbonyl (C=O) groups excluding carboxylic acids is 3. The third kappa shape index (κ3) is 4.91. The molecule has 0 radical (unpaired) electrons. The van der Waals surface area contributed by atoms with Crippen LogP contribution in [0.3, 0.4) is 0 Å². The van der Waals surface area contributed by atoms with Gasteiger partial charge in [-0.05, 0) is 24.3 Å². The van der Waals surface area contributed by atoms with Crippen LogP contribution >= 0.6 is 11.8 Å². The van der Waals surface area contributed by atoms with Crippen molar-refractivity contribution in [2.75, 3.05) is 12.4 Å². The van der Waals surface area contributed by atoms with E-state index in [1.807, 2.05) is 24.3 Å². The Labute approximate surface area is 158 Å². The normalized spacial score (nSPS) is 10.6. The fourth-order valence-electron chi connectivity index (χ4n) is 2.25. The van der Waals surface area contributed by atoms with Crippen molar-refractivity contribution in [1.82, 2.24) is 19.9 Å². The Morgan fingerprint density at radius 3 is 2.67 bits per heavy atom. The van der Waals surface area contributed by atoms with Gasteiger partial charge < -0.3 is 9.30 Å². The molecule has 0 aliphatic carbocycles. The maximum atomic E-state index is 11.9. The Bertz CT molecular complexity index is 1000. The first-order chi connectivity index (χ1) is 13.0. The molecule has 3 rings (SSSR count). The first-order valence-electron chi connectivity index (χ1n) is 7.98. The van der Waals surface area contributed by atoms with Crippen molar-refractivity contribution >= 4 is 40.6 Å². The SMILES string of the molecule is Cn1cccc1C(=O)NC(=O)COC(=O)CSc1cnc2ccccc2n1. The molecule has 0 spiro atoms. The van der Waals surface area contributed by atoms with Crippen LogP contribution in [0.5, 0.6) is 0 Å². The van der Waals surface area contributed by atoms with Crippen LogP contribution in [-0.4, -0.2) is 44.7 Å². The van der Waals surface area contributed by atoms with Crippen LogP contribution in [0.1, 0.15) is 10.5 Å². The predicted octanol–water partition coefficient (Wildman–Crippen LogP) is 1.56. The number of nitrogens with zero attached hydrogens (tertiary/aromatic N) is 3. The Balaban J connectivity index is 1.44. The lowest BCUT2D eigenvalue weighted by molar-refractivity contribution is -0.145. The largest absolute Gasteiger partial charge is 0.455 e. The molecule has 1 aromatic carbocycles. The Kier molecular flexibility index (Phi) is 5.82. The van der Waals surface area contributed by atoms with Crippen LogP contribution in [0.2, 0.25) is 0 Å². The number of nitrogens with one attached hydrogen (secondary N) is 1. The molecule has 8 nitrogen and oxygen atoms in total. The van der Waals surface area contributed by atoms with Gasteiger partial charge >= 0.3 is 5.97 Å². The molecule has 138 valence electrons. The van der Waals surface area contributed by atoms with Crippen molar-refractivity contribution in [3.05, 3.63) is 54.5 Å². The number of fused-ring (bicyclic) bond motifs is 1. The average molecular weight is 384 g/mol. The van der Waals surface area contributed by atoms with Crippen LogP contribution in [-0.2, 0) is 21.4 Å². The number of aromatic nitrogens is 3. The molecule has 0 bridgehead atoms. The van der Waals surface area contributed by atoms with Gasteiger partial charge in [0.2, 0.25) is 0 Å². The van der Waals surface area contributed by atoms with Crippen molar-refractivity contribution in [3.63, 3.8) is 0 Å². The van der Waals surface area contributed by atoms with Crippen molar-refractivity contribution < 1.29 is 19.1 Å². The number of aryl methyl sites for hydroxylation is 1. The highest BCUT2D eigenvalue weighted by atomic mass is 32.2. The zero-order chi connectivity index (χ0) is 19.2. The molecule has 9 heteroatoms. The number of hydrogen-bond donors (Lipinski definition) is 1. The topological polar surface area (TPSA) is 103 Å². The standard InChI is InChI=1S/C18H16N4O4S/c1-22-8-4-7-14(22)18(25)21-15(23)10-26-17(24)11-27-16-9-19-12-5-2-3-6-13(12)20-16/h2-9H,10-11H2,1H3,(H,21,23,25). The quantitative estimate of drug-likeness (QED) is 0.508. The smallest absolute Gasteiger partial charge is 0.316 e. The van der Waals surface area contributed by atoms with Crippen LogP contribution in [0.25, 0.3) is 11.0 Å². The van der Waals surface area contributed by atoms with Crippen molar-refractivity contribution in [2.45, 2.75) is 5.03 Å². The number of ether oxygens (including phenoxy) is 1. The van der Waals surface area contributed by atoms with E-state index >= 15 is 0 Å². The van der Waals surface area contributed by atoms with Gasteiger partial charge in [0.05, 0.1) is 23.0 Å². The molecule has 1 N–H and O–H groups in total. The number of benzene rings is 1. The summed E-state index contributed by atoms with van der Waals surface area (Å²) >= 11 is 1.16. The zero-order valence-electron chi connectivity index (χ0n) is 14.4. The number of imide groups is 1. The Morgan fingerprint density at radius 2 is 1.93 bits per heavy atom. The molecule has 0 saturated carbocycles. The number of rotatable bonds is 6. The van der Waals surface area contributed by atoms with Gasteiger partial charge in [-0.1, -0.05) is 23.9 Å². The molecule has 2 heterocycles. The van der Waals surface area contributed by atoms with Crippen LogP contribution in [0.15, 0.2) is 53.8 Å². The van der Waals surface area contributed by atoms with Crippen molar-refractivity contribution in [3.8, 4) is 0 Å². The highest BCUT2D eigenvalue weighted by molar-refractivity contribution is 7.99. The molecule has 0 atom stereocenters. The number of thioether (sulfide) groups is 1. The van der Waals surface area contributed by atoms with Gasteiger partial charge in [0.15, 0.2) is 6.61 Å². The minimum atomic E-state index is -0.690. The number of hydrogen-bond acceptors (Lipinski definition) is 7. The molecule has 0 saturated heterocycles. The summed E-state index contributed by atoms with van der Waals surface area (Å²) in [6.45, 7) is -0.529. The second kappa shape index (κ2) is 8.45. The van der Waals surface area contributed by atoms with E-state index in [1.54, 1.807) is 36.1 Å². The Hall–Kier alpha value is -3.20. The summed E-state index contributed by atoms with van der Waals surface area (Å²) in [7, 11) is 1.69.